The number of hydrazine groups is 1. The van der Waals surface area contributed by atoms with Crippen LogP contribution in [0.15, 0.2) is 30.4 Å². The molecule has 23 heavy (non-hydrogen) atoms. The zero-order chi connectivity index (χ0) is 16.4. The molecule has 3 N–H and O–H groups in total. The van der Waals surface area contributed by atoms with Gasteiger partial charge in [0.05, 0.1) is 16.7 Å². The van der Waals surface area contributed by atoms with Gasteiger partial charge in [-0.05, 0) is 37.3 Å². The Kier molecular flexibility index (Phi) is 4.19. The highest BCUT2D eigenvalue weighted by Gasteiger charge is 2.42. The Hall–Kier alpha value is -2.18. The van der Waals surface area contributed by atoms with Crippen molar-refractivity contribution >= 4 is 11.9 Å². The van der Waals surface area contributed by atoms with Gasteiger partial charge in [0.1, 0.15) is 0 Å². The van der Waals surface area contributed by atoms with Crippen molar-refractivity contribution in [2.75, 3.05) is 13.1 Å². The molecule has 0 aromatic heterocycles. The molecule has 1 aromatic carbocycles. The van der Waals surface area contributed by atoms with E-state index in [9.17, 15) is 19.8 Å². The molecule has 2 aliphatic rings. The van der Waals surface area contributed by atoms with Crippen molar-refractivity contribution in [3.63, 3.8) is 0 Å². The molecule has 2 heterocycles. The molecule has 0 spiro atoms. The SMILES string of the molecule is O=C(O)c1cccc(C23C=CCCN2NCCCC3)c1C(=O)O. The normalized spacial score (nSPS) is 24.7. The van der Waals surface area contributed by atoms with Gasteiger partial charge in [0.2, 0.25) is 0 Å². The summed E-state index contributed by atoms with van der Waals surface area (Å²) in [6.45, 7) is 1.61. The first-order chi connectivity index (χ1) is 11.1. The van der Waals surface area contributed by atoms with Crippen LogP contribution in [0.5, 0.6) is 0 Å². The number of nitrogens with zero attached hydrogens (tertiary/aromatic N) is 1. The molecule has 1 aromatic rings. The number of rotatable bonds is 3. The van der Waals surface area contributed by atoms with Crippen LogP contribution < -0.4 is 5.43 Å². The smallest absolute Gasteiger partial charge is 0.336 e. The Bertz CT molecular complexity index is 671. The van der Waals surface area contributed by atoms with Gasteiger partial charge in [0.25, 0.3) is 0 Å². The van der Waals surface area contributed by atoms with Gasteiger partial charge in [-0.1, -0.05) is 24.3 Å². The van der Waals surface area contributed by atoms with E-state index in [1.807, 2.05) is 6.08 Å². The predicted octanol–water partition coefficient (Wildman–Crippen LogP) is 2.23. The maximum atomic E-state index is 11.8. The van der Waals surface area contributed by atoms with Crippen molar-refractivity contribution in [2.24, 2.45) is 0 Å². The lowest BCUT2D eigenvalue weighted by Gasteiger charge is -2.44. The van der Waals surface area contributed by atoms with Crippen molar-refractivity contribution in [2.45, 2.75) is 31.2 Å². The van der Waals surface area contributed by atoms with Crippen LogP contribution in [-0.2, 0) is 5.54 Å². The fourth-order valence-electron chi connectivity index (χ4n) is 3.63. The van der Waals surface area contributed by atoms with Gasteiger partial charge in [-0.2, -0.15) is 0 Å². The fourth-order valence-corrected chi connectivity index (χ4v) is 3.63. The van der Waals surface area contributed by atoms with Crippen LogP contribution in [0.2, 0.25) is 0 Å². The lowest BCUT2D eigenvalue weighted by atomic mass is 9.78. The molecule has 0 bridgehead atoms. The molecule has 0 saturated carbocycles. The molecule has 6 nitrogen and oxygen atoms in total. The van der Waals surface area contributed by atoms with Gasteiger partial charge in [-0.3, -0.25) is 5.43 Å². The lowest BCUT2D eigenvalue weighted by molar-refractivity contribution is 0.0581. The highest BCUT2D eigenvalue weighted by atomic mass is 16.4. The second kappa shape index (κ2) is 6.14. The Balaban J connectivity index is 2.24. The molecular weight excluding hydrogens is 296 g/mol. The zero-order valence-corrected chi connectivity index (χ0v) is 12.8. The molecule has 0 aliphatic carbocycles. The number of fused-ring (bicyclic) bond motifs is 1. The molecule has 1 fully saturated rings. The average Bonchev–Trinajstić information content (AvgIpc) is 2.77. The van der Waals surface area contributed by atoms with E-state index in [-0.39, 0.29) is 11.1 Å². The van der Waals surface area contributed by atoms with Crippen LogP contribution in [0, 0.1) is 0 Å². The molecule has 0 radical (unpaired) electrons. The van der Waals surface area contributed by atoms with Gasteiger partial charge in [0.15, 0.2) is 0 Å². The summed E-state index contributed by atoms with van der Waals surface area (Å²) in [5.74, 6) is -2.41. The zero-order valence-electron chi connectivity index (χ0n) is 12.8. The van der Waals surface area contributed by atoms with Crippen LogP contribution in [0.1, 0.15) is 52.0 Å². The topological polar surface area (TPSA) is 89.9 Å². The van der Waals surface area contributed by atoms with E-state index in [2.05, 4.69) is 16.5 Å². The molecule has 1 atom stereocenters. The number of carbonyl (C=O) groups is 2. The third-order valence-corrected chi connectivity index (χ3v) is 4.66. The molecule has 6 heteroatoms. The van der Waals surface area contributed by atoms with E-state index in [0.717, 1.165) is 38.8 Å². The monoisotopic (exact) mass is 316 g/mol. The minimum Gasteiger partial charge on any atom is -0.478 e. The van der Waals surface area contributed by atoms with Gasteiger partial charge >= 0.3 is 11.9 Å². The number of hydrogen-bond donors (Lipinski definition) is 3. The number of nitrogens with one attached hydrogen (secondary N) is 1. The summed E-state index contributed by atoms with van der Waals surface area (Å²) in [5, 5.41) is 21.1. The predicted molar refractivity (Wildman–Crippen MR) is 84.4 cm³/mol. The molecule has 3 rings (SSSR count). The van der Waals surface area contributed by atoms with E-state index in [1.54, 1.807) is 12.1 Å². The van der Waals surface area contributed by atoms with Gasteiger partial charge in [0, 0.05) is 13.1 Å². The van der Waals surface area contributed by atoms with E-state index >= 15 is 0 Å². The van der Waals surface area contributed by atoms with Crippen molar-refractivity contribution in [1.82, 2.24) is 10.4 Å². The van der Waals surface area contributed by atoms with Crippen molar-refractivity contribution in [3.8, 4) is 0 Å². The minimum atomic E-state index is -1.21. The first-order valence-electron chi connectivity index (χ1n) is 7.85. The third kappa shape index (κ3) is 2.64. The van der Waals surface area contributed by atoms with E-state index < -0.39 is 17.5 Å². The van der Waals surface area contributed by atoms with Crippen LogP contribution >= 0.6 is 0 Å². The van der Waals surface area contributed by atoms with Gasteiger partial charge in [-0.15, -0.1) is 0 Å². The van der Waals surface area contributed by atoms with Gasteiger partial charge < -0.3 is 10.2 Å². The molecule has 1 unspecified atom stereocenters. The number of hydrogen-bond acceptors (Lipinski definition) is 4. The van der Waals surface area contributed by atoms with Crippen molar-refractivity contribution < 1.29 is 19.8 Å². The Labute approximate surface area is 134 Å². The Morgan fingerprint density at radius 2 is 2.00 bits per heavy atom. The second-order valence-electron chi connectivity index (χ2n) is 5.97. The highest BCUT2D eigenvalue weighted by Crippen LogP contribution is 2.40. The first-order valence-corrected chi connectivity index (χ1v) is 7.85. The van der Waals surface area contributed by atoms with E-state index in [0.29, 0.717) is 5.56 Å². The number of benzene rings is 1. The van der Waals surface area contributed by atoms with E-state index in [4.69, 9.17) is 0 Å². The van der Waals surface area contributed by atoms with Crippen LogP contribution in [-0.4, -0.2) is 40.3 Å². The van der Waals surface area contributed by atoms with Crippen molar-refractivity contribution in [1.29, 1.82) is 0 Å². The highest BCUT2D eigenvalue weighted by molar-refractivity contribution is 6.03. The summed E-state index contributed by atoms with van der Waals surface area (Å²) in [6.07, 6.45) is 7.69. The van der Waals surface area contributed by atoms with E-state index in [1.165, 1.54) is 6.07 Å². The van der Waals surface area contributed by atoms with Crippen LogP contribution in [0.25, 0.3) is 0 Å². The fraction of sp³-hybridized carbons (Fsp3) is 0.412. The number of carboxylic acids is 2. The van der Waals surface area contributed by atoms with Crippen LogP contribution in [0.4, 0.5) is 0 Å². The quantitative estimate of drug-likeness (QED) is 0.741. The summed E-state index contributed by atoms with van der Waals surface area (Å²) in [6, 6.07) is 4.73. The average molecular weight is 316 g/mol. The molecule has 1 saturated heterocycles. The second-order valence-corrected chi connectivity index (χ2v) is 5.97. The lowest BCUT2D eigenvalue weighted by Crippen LogP contribution is -2.53. The number of carboxylic acid groups (broad SMARTS) is 2. The third-order valence-electron chi connectivity index (χ3n) is 4.66. The van der Waals surface area contributed by atoms with Crippen molar-refractivity contribution in [3.05, 3.63) is 47.0 Å². The molecule has 0 amide bonds. The summed E-state index contributed by atoms with van der Waals surface area (Å²) >= 11 is 0. The summed E-state index contributed by atoms with van der Waals surface area (Å²) in [5.41, 5.74) is 3.06. The molecule has 2 aliphatic heterocycles. The number of aromatic carboxylic acids is 2. The standard InChI is InChI=1S/C17H20N2O4/c20-15(21)12-6-5-7-13(14(12)16(22)23)17-8-1-3-10-18-19(17)11-4-2-9-17/h2,5-7,9,18H,1,3-4,8,10-11H2,(H,20,21)(H,22,23). The summed E-state index contributed by atoms with van der Waals surface area (Å²) in [4.78, 5) is 23.3. The van der Waals surface area contributed by atoms with Crippen LogP contribution in [0.3, 0.4) is 0 Å². The first kappa shape index (κ1) is 15.7. The van der Waals surface area contributed by atoms with Gasteiger partial charge in [-0.25, -0.2) is 14.6 Å². The summed E-state index contributed by atoms with van der Waals surface area (Å²) in [7, 11) is 0. The maximum Gasteiger partial charge on any atom is 0.336 e. The molecular formula is C17H20N2O4. The molecule has 122 valence electrons. The Morgan fingerprint density at radius 1 is 1.17 bits per heavy atom. The minimum absolute atomic E-state index is 0.111. The largest absolute Gasteiger partial charge is 0.478 e. The Morgan fingerprint density at radius 3 is 2.74 bits per heavy atom. The summed E-state index contributed by atoms with van der Waals surface area (Å²) < 4.78 is 0. The maximum absolute atomic E-state index is 11.8.